The molecule has 0 spiro atoms. The maximum atomic E-state index is 12.4. The fourth-order valence-electron chi connectivity index (χ4n) is 2.80. The van der Waals surface area contributed by atoms with Crippen molar-refractivity contribution in [1.29, 1.82) is 0 Å². The Bertz CT molecular complexity index is 792. The summed E-state index contributed by atoms with van der Waals surface area (Å²) < 4.78 is 5.90. The quantitative estimate of drug-likeness (QED) is 0.407. The van der Waals surface area contributed by atoms with Gasteiger partial charge in [-0.3, -0.25) is 4.79 Å². The number of aromatic hydroxyl groups is 1. The van der Waals surface area contributed by atoms with Gasteiger partial charge in [-0.2, -0.15) is 0 Å². The van der Waals surface area contributed by atoms with Crippen LogP contribution in [0.15, 0.2) is 36.4 Å². The molecule has 0 amide bonds. The number of hydrogen-bond donors (Lipinski definition) is 2. The molecule has 0 aliphatic carbocycles. The van der Waals surface area contributed by atoms with E-state index in [0.29, 0.717) is 42.2 Å². The second kappa shape index (κ2) is 9.09. The number of carbonyl (C=O) groups excluding carboxylic acids is 1. The SMILES string of the molecule is CCCOc1c(/C=C/C(=O)c2ccc(N)cc2)cc(CC)c(O)c1CC. The monoisotopic (exact) mass is 353 g/mol. The zero-order valence-corrected chi connectivity index (χ0v) is 15.7. The second-order valence-corrected chi connectivity index (χ2v) is 6.16. The highest BCUT2D eigenvalue weighted by Gasteiger charge is 2.16. The average molecular weight is 353 g/mol. The number of ketones is 1. The summed E-state index contributed by atoms with van der Waals surface area (Å²) in [5, 5.41) is 10.5. The average Bonchev–Trinajstić information content (AvgIpc) is 2.65. The van der Waals surface area contributed by atoms with Crippen molar-refractivity contribution < 1.29 is 14.6 Å². The van der Waals surface area contributed by atoms with Gasteiger partial charge in [0.05, 0.1) is 6.61 Å². The molecule has 2 rings (SSSR count). The molecule has 0 aliphatic heterocycles. The van der Waals surface area contributed by atoms with Crippen LogP contribution in [-0.4, -0.2) is 17.5 Å². The minimum absolute atomic E-state index is 0.101. The summed E-state index contributed by atoms with van der Waals surface area (Å²) >= 11 is 0. The van der Waals surface area contributed by atoms with Crippen LogP contribution >= 0.6 is 0 Å². The van der Waals surface area contributed by atoms with Crippen molar-refractivity contribution in [2.75, 3.05) is 12.3 Å². The number of carbonyl (C=O) groups is 1. The van der Waals surface area contributed by atoms with E-state index in [2.05, 4.69) is 0 Å². The van der Waals surface area contributed by atoms with Gasteiger partial charge in [-0.25, -0.2) is 0 Å². The highest BCUT2D eigenvalue weighted by Crippen LogP contribution is 2.37. The molecule has 0 aromatic heterocycles. The predicted octanol–water partition coefficient (Wildman–Crippen LogP) is 4.78. The van der Waals surface area contributed by atoms with E-state index in [9.17, 15) is 9.90 Å². The molecule has 3 N–H and O–H groups in total. The summed E-state index contributed by atoms with van der Waals surface area (Å²) in [6.45, 7) is 6.57. The number of phenolic OH excluding ortho intramolecular Hbond substituents is 1. The Morgan fingerprint density at radius 1 is 1.15 bits per heavy atom. The number of phenols is 1. The topological polar surface area (TPSA) is 72.5 Å². The van der Waals surface area contributed by atoms with Crippen LogP contribution in [-0.2, 0) is 12.8 Å². The number of aryl methyl sites for hydroxylation is 1. The van der Waals surface area contributed by atoms with Crippen molar-refractivity contribution in [1.82, 2.24) is 0 Å². The number of nitrogen functional groups attached to an aromatic ring is 1. The van der Waals surface area contributed by atoms with Gasteiger partial charge in [0.15, 0.2) is 5.78 Å². The lowest BCUT2D eigenvalue weighted by Crippen LogP contribution is -2.03. The molecule has 0 radical (unpaired) electrons. The van der Waals surface area contributed by atoms with Crippen molar-refractivity contribution in [2.24, 2.45) is 0 Å². The van der Waals surface area contributed by atoms with E-state index >= 15 is 0 Å². The van der Waals surface area contributed by atoms with E-state index in [1.807, 2.05) is 26.8 Å². The fraction of sp³-hybridized carbons (Fsp3) is 0.318. The van der Waals surface area contributed by atoms with Crippen LogP contribution < -0.4 is 10.5 Å². The molecule has 0 bridgehead atoms. The van der Waals surface area contributed by atoms with E-state index < -0.39 is 0 Å². The third-order valence-electron chi connectivity index (χ3n) is 4.25. The van der Waals surface area contributed by atoms with E-state index in [1.54, 1.807) is 30.3 Å². The van der Waals surface area contributed by atoms with Crippen LogP contribution in [0.1, 0.15) is 54.2 Å². The molecule has 0 heterocycles. The minimum atomic E-state index is -0.101. The van der Waals surface area contributed by atoms with E-state index in [0.717, 1.165) is 23.1 Å². The largest absolute Gasteiger partial charge is 0.507 e. The lowest BCUT2D eigenvalue weighted by molar-refractivity contribution is 0.104. The molecule has 4 nitrogen and oxygen atoms in total. The first-order valence-electron chi connectivity index (χ1n) is 9.10. The van der Waals surface area contributed by atoms with Gasteiger partial charge < -0.3 is 15.6 Å². The third-order valence-corrected chi connectivity index (χ3v) is 4.25. The first-order chi connectivity index (χ1) is 12.5. The van der Waals surface area contributed by atoms with Crippen LogP contribution in [0.25, 0.3) is 6.08 Å². The van der Waals surface area contributed by atoms with Crippen molar-refractivity contribution in [2.45, 2.75) is 40.0 Å². The van der Waals surface area contributed by atoms with Crippen LogP contribution in [0, 0.1) is 0 Å². The number of nitrogens with two attached hydrogens (primary N) is 1. The van der Waals surface area contributed by atoms with Crippen LogP contribution in [0.2, 0.25) is 0 Å². The van der Waals surface area contributed by atoms with Crippen LogP contribution in [0.5, 0.6) is 11.5 Å². The van der Waals surface area contributed by atoms with Gasteiger partial charge in [-0.05, 0) is 67.3 Å². The molecule has 0 saturated carbocycles. The van der Waals surface area contributed by atoms with Gasteiger partial charge in [0.2, 0.25) is 0 Å². The van der Waals surface area contributed by atoms with Crippen molar-refractivity contribution in [3.63, 3.8) is 0 Å². The Labute approximate surface area is 155 Å². The lowest BCUT2D eigenvalue weighted by atomic mass is 9.98. The molecule has 4 heteroatoms. The van der Waals surface area contributed by atoms with Crippen molar-refractivity contribution in [3.8, 4) is 11.5 Å². The van der Waals surface area contributed by atoms with Gasteiger partial charge in [0.25, 0.3) is 0 Å². The maximum absolute atomic E-state index is 12.4. The first kappa shape index (κ1) is 19.6. The van der Waals surface area contributed by atoms with Gasteiger partial charge in [-0.1, -0.05) is 20.8 Å². The summed E-state index contributed by atoms with van der Waals surface area (Å²) in [6.07, 6.45) is 5.54. The van der Waals surface area contributed by atoms with E-state index in [-0.39, 0.29) is 5.78 Å². The number of hydrogen-bond acceptors (Lipinski definition) is 4. The summed E-state index contributed by atoms with van der Waals surface area (Å²) in [5.74, 6) is 0.851. The summed E-state index contributed by atoms with van der Waals surface area (Å²) in [7, 11) is 0. The number of ether oxygens (including phenoxy) is 1. The maximum Gasteiger partial charge on any atom is 0.185 e. The zero-order chi connectivity index (χ0) is 19.1. The Morgan fingerprint density at radius 2 is 1.85 bits per heavy atom. The zero-order valence-electron chi connectivity index (χ0n) is 15.7. The number of benzene rings is 2. The predicted molar refractivity (Wildman–Crippen MR) is 107 cm³/mol. The Balaban J connectivity index is 2.42. The number of rotatable bonds is 8. The van der Waals surface area contributed by atoms with Crippen molar-refractivity contribution >= 4 is 17.5 Å². The van der Waals surface area contributed by atoms with Gasteiger partial charge in [0, 0.05) is 22.4 Å². The van der Waals surface area contributed by atoms with Gasteiger partial charge >= 0.3 is 0 Å². The Morgan fingerprint density at radius 3 is 2.42 bits per heavy atom. The van der Waals surface area contributed by atoms with E-state index in [1.165, 1.54) is 6.08 Å². The second-order valence-electron chi connectivity index (χ2n) is 6.16. The molecule has 0 fully saturated rings. The Kier molecular flexibility index (Phi) is 6.84. The molecular formula is C22H27NO3. The first-order valence-corrected chi connectivity index (χ1v) is 9.10. The highest BCUT2D eigenvalue weighted by molar-refractivity contribution is 6.07. The van der Waals surface area contributed by atoms with Crippen LogP contribution in [0.4, 0.5) is 5.69 Å². The Hall–Kier alpha value is -2.75. The summed E-state index contributed by atoms with van der Waals surface area (Å²) in [5.41, 5.74) is 9.33. The molecule has 0 saturated heterocycles. The fourth-order valence-corrected chi connectivity index (χ4v) is 2.80. The van der Waals surface area contributed by atoms with Crippen molar-refractivity contribution in [3.05, 3.63) is 58.7 Å². The molecule has 2 aromatic rings. The highest BCUT2D eigenvalue weighted by atomic mass is 16.5. The normalized spacial score (nSPS) is 11.0. The van der Waals surface area contributed by atoms with Crippen LogP contribution in [0.3, 0.4) is 0 Å². The van der Waals surface area contributed by atoms with Gasteiger partial charge in [-0.15, -0.1) is 0 Å². The number of allylic oxidation sites excluding steroid dienone is 1. The molecule has 2 aromatic carbocycles. The number of anilines is 1. The summed E-state index contributed by atoms with van der Waals surface area (Å²) in [6, 6.07) is 8.74. The molecule has 0 unspecified atom stereocenters. The molecule has 26 heavy (non-hydrogen) atoms. The molecule has 0 atom stereocenters. The van der Waals surface area contributed by atoms with Gasteiger partial charge in [0.1, 0.15) is 11.5 Å². The van der Waals surface area contributed by atoms with E-state index in [4.69, 9.17) is 10.5 Å². The third kappa shape index (κ3) is 4.45. The lowest BCUT2D eigenvalue weighted by Gasteiger charge is -2.17. The minimum Gasteiger partial charge on any atom is -0.507 e. The smallest absolute Gasteiger partial charge is 0.185 e. The molecule has 138 valence electrons. The molecule has 0 aliphatic rings. The molecular weight excluding hydrogens is 326 g/mol. The summed E-state index contributed by atoms with van der Waals surface area (Å²) in [4.78, 5) is 12.4. The standard InChI is InChI=1S/C22H27NO3/c1-4-13-26-22-17(14-15(5-2)21(25)19(22)6-3)9-12-20(24)16-7-10-18(23)11-8-16/h7-12,14,25H,4-6,13,23H2,1-3H3/b12-9+.